The van der Waals surface area contributed by atoms with E-state index < -0.39 is 0 Å². The van der Waals surface area contributed by atoms with Crippen molar-refractivity contribution in [2.24, 2.45) is 0 Å². The highest BCUT2D eigenvalue weighted by Gasteiger charge is 2.27. The number of hydrogen-bond donors (Lipinski definition) is 1. The maximum atomic E-state index is 11.4. The van der Waals surface area contributed by atoms with Gasteiger partial charge in [0.15, 0.2) is 0 Å². The average molecular weight is 465 g/mol. The molecule has 1 N–H and O–H groups in total. The van der Waals surface area contributed by atoms with E-state index in [1.54, 1.807) is 12.1 Å². The Balaban J connectivity index is 1.55. The van der Waals surface area contributed by atoms with E-state index in [0.29, 0.717) is 28.6 Å². The lowest BCUT2D eigenvalue weighted by atomic mass is 10.0. The first-order chi connectivity index (χ1) is 16.0. The Morgan fingerprint density at radius 2 is 2.21 bits per heavy atom. The fourth-order valence-corrected chi connectivity index (χ4v) is 4.57. The molecule has 8 nitrogen and oxygen atoms in total. The van der Waals surface area contributed by atoms with Crippen molar-refractivity contribution >= 4 is 17.9 Å². The number of ether oxygens (including phenoxy) is 2. The van der Waals surface area contributed by atoms with Crippen LogP contribution in [0.2, 0.25) is 0 Å². The molecule has 33 heavy (non-hydrogen) atoms. The van der Waals surface area contributed by atoms with Crippen molar-refractivity contribution in [2.75, 3.05) is 12.9 Å². The van der Waals surface area contributed by atoms with Gasteiger partial charge < -0.3 is 14.0 Å². The first-order valence-corrected chi connectivity index (χ1v) is 11.6. The molecule has 0 amide bonds. The van der Waals surface area contributed by atoms with Crippen LogP contribution in [0, 0.1) is 11.3 Å². The average Bonchev–Trinajstić information content (AvgIpc) is 3.46. The predicted octanol–water partition coefficient (Wildman–Crippen LogP) is 4.46. The summed E-state index contributed by atoms with van der Waals surface area (Å²) in [4.78, 5) is 16.0. The summed E-state index contributed by atoms with van der Waals surface area (Å²) >= 11 is 1.35. The zero-order chi connectivity index (χ0) is 23.4. The summed E-state index contributed by atoms with van der Waals surface area (Å²) < 4.78 is 19.3. The monoisotopic (exact) mass is 464 g/mol. The number of nitriles is 1. The molecular weight excluding hydrogens is 440 g/mol. The maximum Gasteiger partial charge on any atom is 0.316 e. The Hall–Kier alpha value is -3.35. The summed E-state index contributed by atoms with van der Waals surface area (Å²) in [6.07, 6.45) is 1.75. The number of hydrogen-bond acceptors (Lipinski definition) is 9. The van der Waals surface area contributed by atoms with Crippen LogP contribution in [-0.4, -0.2) is 35.1 Å². The second-order valence-corrected chi connectivity index (χ2v) is 8.67. The minimum atomic E-state index is -0.262. The molecule has 2 aromatic carbocycles. The van der Waals surface area contributed by atoms with E-state index in [1.165, 1.54) is 24.6 Å². The van der Waals surface area contributed by atoms with Crippen LogP contribution in [0.4, 0.5) is 0 Å². The van der Waals surface area contributed by atoms with Gasteiger partial charge in [0.1, 0.15) is 17.6 Å². The summed E-state index contributed by atoms with van der Waals surface area (Å²) in [5.41, 5.74) is 4.33. The normalized spacial score (nSPS) is 14.7. The van der Waals surface area contributed by atoms with Crippen molar-refractivity contribution in [2.45, 2.75) is 38.8 Å². The number of rotatable bonds is 8. The first-order valence-electron chi connectivity index (χ1n) is 10.6. The van der Waals surface area contributed by atoms with Crippen LogP contribution >= 0.6 is 11.9 Å². The van der Waals surface area contributed by atoms with Crippen molar-refractivity contribution in [3.63, 3.8) is 0 Å². The predicted molar refractivity (Wildman–Crippen MR) is 124 cm³/mol. The van der Waals surface area contributed by atoms with Crippen LogP contribution in [0.1, 0.15) is 43.0 Å². The van der Waals surface area contributed by atoms with Gasteiger partial charge in [-0.25, -0.2) is 0 Å². The Morgan fingerprint density at radius 1 is 1.36 bits per heavy atom. The molecule has 1 unspecified atom stereocenters. The molecule has 1 atom stereocenters. The van der Waals surface area contributed by atoms with Crippen molar-refractivity contribution in [3.05, 3.63) is 53.1 Å². The summed E-state index contributed by atoms with van der Waals surface area (Å²) in [7, 11) is 1.38. The fraction of sp³-hybridized carbons (Fsp3) is 0.333. The van der Waals surface area contributed by atoms with Gasteiger partial charge in [0.05, 0.1) is 18.8 Å². The fourth-order valence-electron chi connectivity index (χ4n) is 3.80. The Bertz CT molecular complexity index is 1200. The number of benzene rings is 2. The summed E-state index contributed by atoms with van der Waals surface area (Å²) in [6.45, 7) is 3.82. The zero-order valence-corrected chi connectivity index (χ0v) is 19.4. The molecule has 1 heterocycles. The lowest BCUT2D eigenvalue weighted by Crippen LogP contribution is -2.15. The minimum Gasteiger partial charge on any atom is -0.490 e. The Morgan fingerprint density at radius 3 is 2.97 bits per heavy atom. The van der Waals surface area contributed by atoms with E-state index in [0.717, 1.165) is 24.0 Å². The van der Waals surface area contributed by atoms with Crippen LogP contribution in [0.5, 0.6) is 5.75 Å². The maximum absolute atomic E-state index is 11.4. The number of fused-ring (bicyclic) bond motifs is 1. The molecule has 0 radical (unpaired) electrons. The van der Waals surface area contributed by atoms with Crippen LogP contribution in [0.15, 0.2) is 40.9 Å². The molecule has 1 aliphatic carbocycles. The molecule has 9 heteroatoms. The number of nitrogens with zero attached hydrogens (tertiary/aromatic N) is 3. The highest BCUT2D eigenvalue weighted by atomic mass is 32.2. The van der Waals surface area contributed by atoms with Crippen LogP contribution < -0.4 is 9.46 Å². The molecule has 1 aromatic heterocycles. The van der Waals surface area contributed by atoms with E-state index in [1.807, 2.05) is 32.0 Å². The summed E-state index contributed by atoms with van der Waals surface area (Å²) in [6, 6.07) is 13.6. The molecule has 0 spiro atoms. The van der Waals surface area contributed by atoms with Crippen LogP contribution in [-0.2, 0) is 16.0 Å². The highest BCUT2D eigenvalue weighted by Crippen LogP contribution is 2.38. The Labute approximate surface area is 196 Å². The van der Waals surface area contributed by atoms with E-state index in [2.05, 4.69) is 31.7 Å². The van der Waals surface area contributed by atoms with E-state index in [-0.39, 0.29) is 23.9 Å². The van der Waals surface area contributed by atoms with E-state index in [4.69, 9.17) is 9.26 Å². The molecule has 1 aliphatic rings. The Kier molecular flexibility index (Phi) is 6.96. The van der Waals surface area contributed by atoms with Gasteiger partial charge >= 0.3 is 5.97 Å². The minimum absolute atomic E-state index is 0.0321. The zero-order valence-electron chi connectivity index (χ0n) is 18.6. The van der Waals surface area contributed by atoms with E-state index >= 15 is 0 Å². The third kappa shape index (κ3) is 5.02. The SMILES string of the molecule is COC(=O)CSNC1CCc2c(-c3noc(-c4ccc(OC(C)C)c(C#N)c4)n3)cccc21. The van der Waals surface area contributed by atoms with Crippen molar-refractivity contribution in [1.29, 1.82) is 5.26 Å². The van der Waals surface area contributed by atoms with Gasteiger partial charge in [0, 0.05) is 17.2 Å². The standard InChI is InChI=1S/C24H24N4O4S/c1-14(2)31-21-10-7-15(11-16(21)12-25)24-26-23(27-32-24)19-6-4-5-18-17(19)8-9-20(18)28-33-13-22(29)30-3/h4-7,10-11,14,20,28H,8-9,13H2,1-3H3. The molecule has 0 aliphatic heterocycles. The molecule has 0 fully saturated rings. The molecule has 0 saturated carbocycles. The molecule has 170 valence electrons. The quantitative estimate of drug-likeness (QED) is 0.381. The van der Waals surface area contributed by atoms with Gasteiger partial charge in [-0.05, 0) is 56.0 Å². The number of aromatic nitrogens is 2. The van der Waals surface area contributed by atoms with Crippen molar-refractivity contribution in [3.8, 4) is 34.7 Å². The summed E-state index contributed by atoms with van der Waals surface area (Å²) in [5, 5.41) is 13.7. The van der Waals surface area contributed by atoms with Gasteiger partial charge in [0.2, 0.25) is 5.82 Å². The molecule has 0 bridgehead atoms. The van der Waals surface area contributed by atoms with Gasteiger partial charge in [-0.15, -0.1) is 0 Å². The van der Waals surface area contributed by atoms with Gasteiger partial charge in [-0.3, -0.25) is 9.52 Å². The number of carbonyl (C=O) groups excluding carboxylic acids is 1. The lowest BCUT2D eigenvalue weighted by Gasteiger charge is -2.13. The molecular formula is C24H24N4O4S. The van der Waals surface area contributed by atoms with Gasteiger partial charge in [-0.1, -0.05) is 35.3 Å². The van der Waals surface area contributed by atoms with Crippen molar-refractivity contribution < 1.29 is 18.8 Å². The topological polar surface area (TPSA) is 110 Å². The third-order valence-electron chi connectivity index (χ3n) is 5.29. The second-order valence-electron chi connectivity index (χ2n) is 7.86. The smallest absolute Gasteiger partial charge is 0.316 e. The molecule has 3 aromatic rings. The van der Waals surface area contributed by atoms with Gasteiger partial charge in [0.25, 0.3) is 5.89 Å². The first kappa shape index (κ1) is 22.8. The summed E-state index contributed by atoms with van der Waals surface area (Å²) in [5.74, 6) is 1.37. The molecule has 0 saturated heterocycles. The number of esters is 1. The highest BCUT2D eigenvalue weighted by molar-refractivity contribution is 7.98. The lowest BCUT2D eigenvalue weighted by molar-refractivity contribution is -0.137. The second kappa shape index (κ2) is 10.1. The number of nitrogens with one attached hydrogen (secondary N) is 1. The van der Waals surface area contributed by atoms with E-state index in [9.17, 15) is 10.1 Å². The van der Waals surface area contributed by atoms with Gasteiger partial charge in [-0.2, -0.15) is 10.2 Å². The van der Waals surface area contributed by atoms with Crippen LogP contribution in [0.25, 0.3) is 22.8 Å². The third-order valence-corrected chi connectivity index (χ3v) is 6.12. The van der Waals surface area contributed by atoms with Crippen LogP contribution in [0.3, 0.4) is 0 Å². The van der Waals surface area contributed by atoms with Crippen molar-refractivity contribution in [1.82, 2.24) is 14.9 Å². The largest absolute Gasteiger partial charge is 0.490 e. The number of methoxy groups -OCH3 is 1. The number of carbonyl (C=O) groups is 1. The molecule has 4 rings (SSSR count).